The van der Waals surface area contributed by atoms with Crippen LogP contribution in [0.2, 0.25) is 0 Å². The molecule has 1 aliphatic heterocycles. The number of piperidine rings is 1. The molecule has 1 saturated heterocycles. The number of likely N-dealkylation sites (tertiary alicyclic amines) is 1. The molecule has 1 aromatic heterocycles. The second-order valence-electron chi connectivity index (χ2n) is 8.42. The number of tetrazole rings is 1. The molecule has 8 heteroatoms. The third-order valence-electron chi connectivity index (χ3n) is 6.17. The highest BCUT2D eigenvalue weighted by Crippen LogP contribution is 2.27. The van der Waals surface area contributed by atoms with Crippen LogP contribution >= 0.6 is 0 Å². The molecule has 3 aromatic rings. The van der Waals surface area contributed by atoms with Crippen LogP contribution in [0.25, 0.3) is 0 Å². The van der Waals surface area contributed by atoms with Crippen LogP contribution in [0, 0.1) is 5.92 Å². The average molecular weight is 435 g/mol. The van der Waals surface area contributed by atoms with Gasteiger partial charge in [-0.3, -0.25) is 9.69 Å². The Labute approximate surface area is 188 Å². The first-order valence-corrected chi connectivity index (χ1v) is 11.1. The smallest absolute Gasteiger partial charge is 0.251 e. The lowest BCUT2D eigenvalue weighted by molar-refractivity contribution is 0.0913. The topological polar surface area (TPSA) is 85.2 Å². The number of hydrogen-bond acceptors (Lipinski definition) is 6. The SMILES string of the molecule is COc1ccc(C(CNC(=O)c2ccc(Cn3cnnn3)cc2)N2CCC(C)CC2)cc1. The highest BCUT2D eigenvalue weighted by molar-refractivity contribution is 5.94. The molecule has 0 bridgehead atoms. The number of nitrogens with zero attached hydrogens (tertiary/aromatic N) is 5. The molecule has 168 valence electrons. The largest absolute Gasteiger partial charge is 0.497 e. The Balaban J connectivity index is 1.41. The Kier molecular flexibility index (Phi) is 7.11. The van der Waals surface area contributed by atoms with E-state index in [-0.39, 0.29) is 11.9 Å². The van der Waals surface area contributed by atoms with E-state index in [9.17, 15) is 4.79 Å². The van der Waals surface area contributed by atoms with Crippen molar-refractivity contribution in [2.45, 2.75) is 32.4 Å². The van der Waals surface area contributed by atoms with E-state index in [0.717, 1.165) is 30.3 Å². The van der Waals surface area contributed by atoms with Crippen molar-refractivity contribution in [1.82, 2.24) is 30.4 Å². The van der Waals surface area contributed by atoms with Gasteiger partial charge in [-0.1, -0.05) is 31.2 Å². The van der Waals surface area contributed by atoms with Gasteiger partial charge in [0.05, 0.1) is 19.7 Å². The number of benzene rings is 2. The quantitative estimate of drug-likeness (QED) is 0.587. The minimum Gasteiger partial charge on any atom is -0.497 e. The number of rotatable bonds is 8. The number of carbonyl (C=O) groups excluding carboxylic acids is 1. The van der Waals surface area contributed by atoms with E-state index in [1.807, 2.05) is 36.4 Å². The fourth-order valence-corrected chi connectivity index (χ4v) is 4.12. The molecule has 1 atom stereocenters. The van der Waals surface area contributed by atoms with Crippen molar-refractivity contribution in [2.75, 3.05) is 26.7 Å². The maximum absolute atomic E-state index is 12.9. The molecule has 0 aliphatic carbocycles. The summed E-state index contributed by atoms with van der Waals surface area (Å²) in [5, 5.41) is 14.3. The van der Waals surface area contributed by atoms with Crippen molar-refractivity contribution in [3.05, 3.63) is 71.5 Å². The Morgan fingerprint density at radius 2 is 1.84 bits per heavy atom. The number of ether oxygens (including phenoxy) is 1. The van der Waals surface area contributed by atoms with Gasteiger partial charge in [0, 0.05) is 12.1 Å². The number of hydrogen-bond donors (Lipinski definition) is 1. The molecular formula is C24H30N6O2. The second kappa shape index (κ2) is 10.4. The molecule has 2 aromatic carbocycles. The van der Waals surface area contributed by atoms with E-state index in [4.69, 9.17) is 4.74 Å². The minimum absolute atomic E-state index is 0.0668. The summed E-state index contributed by atoms with van der Waals surface area (Å²) in [5.41, 5.74) is 2.87. The zero-order chi connectivity index (χ0) is 22.3. The first-order valence-electron chi connectivity index (χ1n) is 11.1. The number of carbonyl (C=O) groups is 1. The lowest BCUT2D eigenvalue weighted by Crippen LogP contribution is -2.42. The molecule has 0 spiro atoms. The molecule has 4 rings (SSSR count). The van der Waals surface area contributed by atoms with Crippen molar-refractivity contribution in [1.29, 1.82) is 0 Å². The van der Waals surface area contributed by atoms with Crippen LogP contribution < -0.4 is 10.1 Å². The monoisotopic (exact) mass is 434 g/mol. The molecule has 2 heterocycles. The summed E-state index contributed by atoms with van der Waals surface area (Å²) in [6.45, 7) is 5.53. The zero-order valence-corrected chi connectivity index (χ0v) is 18.6. The summed E-state index contributed by atoms with van der Waals surface area (Å²) >= 11 is 0. The standard InChI is InChI=1S/C24H30N6O2/c1-18-11-13-29(14-12-18)23(20-7-9-22(32-2)10-8-20)15-25-24(31)21-5-3-19(4-6-21)16-30-17-26-27-28-30/h3-10,17-18,23H,11-16H2,1-2H3,(H,25,31). The van der Waals surface area contributed by atoms with E-state index in [1.165, 1.54) is 18.4 Å². The van der Waals surface area contributed by atoms with Gasteiger partial charge in [-0.15, -0.1) is 5.10 Å². The minimum atomic E-state index is -0.0668. The number of aromatic nitrogens is 4. The number of amides is 1. The van der Waals surface area contributed by atoms with Gasteiger partial charge in [-0.05, 0) is 77.7 Å². The van der Waals surface area contributed by atoms with E-state index >= 15 is 0 Å². The molecule has 0 saturated carbocycles. The number of nitrogens with one attached hydrogen (secondary N) is 1. The fraction of sp³-hybridized carbons (Fsp3) is 0.417. The first-order chi connectivity index (χ1) is 15.6. The average Bonchev–Trinajstić information content (AvgIpc) is 3.34. The first kappa shape index (κ1) is 22.0. The van der Waals surface area contributed by atoms with Crippen LogP contribution in [0.1, 0.15) is 47.3 Å². The Bertz CT molecular complexity index is 980. The summed E-state index contributed by atoms with van der Waals surface area (Å²) in [6, 6.07) is 15.9. The summed E-state index contributed by atoms with van der Waals surface area (Å²) in [7, 11) is 1.67. The van der Waals surface area contributed by atoms with Gasteiger partial charge in [-0.2, -0.15) is 0 Å². The van der Waals surface area contributed by atoms with Crippen molar-refractivity contribution < 1.29 is 9.53 Å². The molecule has 32 heavy (non-hydrogen) atoms. The van der Waals surface area contributed by atoms with Crippen LogP contribution in [0.4, 0.5) is 0 Å². The second-order valence-corrected chi connectivity index (χ2v) is 8.42. The molecule has 1 aliphatic rings. The summed E-state index contributed by atoms with van der Waals surface area (Å²) in [4.78, 5) is 15.3. The Morgan fingerprint density at radius 1 is 1.12 bits per heavy atom. The van der Waals surface area contributed by atoms with Crippen LogP contribution in [-0.2, 0) is 6.54 Å². The highest BCUT2D eigenvalue weighted by Gasteiger charge is 2.25. The number of methoxy groups -OCH3 is 1. The predicted molar refractivity (Wildman–Crippen MR) is 121 cm³/mol. The Hall–Kier alpha value is -3.26. The van der Waals surface area contributed by atoms with E-state index in [0.29, 0.717) is 18.7 Å². The van der Waals surface area contributed by atoms with E-state index in [2.05, 4.69) is 44.8 Å². The third-order valence-corrected chi connectivity index (χ3v) is 6.17. The van der Waals surface area contributed by atoms with Crippen molar-refractivity contribution in [3.63, 3.8) is 0 Å². The summed E-state index contributed by atoms with van der Waals surface area (Å²) < 4.78 is 6.96. The van der Waals surface area contributed by atoms with Gasteiger partial charge >= 0.3 is 0 Å². The highest BCUT2D eigenvalue weighted by atomic mass is 16.5. The van der Waals surface area contributed by atoms with Crippen LogP contribution in [0.3, 0.4) is 0 Å². The van der Waals surface area contributed by atoms with Crippen LogP contribution in [0.15, 0.2) is 54.9 Å². The zero-order valence-electron chi connectivity index (χ0n) is 18.6. The molecule has 1 unspecified atom stereocenters. The Morgan fingerprint density at radius 3 is 2.47 bits per heavy atom. The van der Waals surface area contributed by atoms with E-state index in [1.54, 1.807) is 18.1 Å². The molecular weight excluding hydrogens is 404 g/mol. The van der Waals surface area contributed by atoms with Gasteiger partial charge in [-0.25, -0.2) is 4.68 Å². The summed E-state index contributed by atoms with van der Waals surface area (Å²) in [5.74, 6) is 1.53. The third kappa shape index (κ3) is 5.50. The predicted octanol–water partition coefficient (Wildman–Crippen LogP) is 2.93. The van der Waals surface area contributed by atoms with Crippen LogP contribution in [0.5, 0.6) is 5.75 Å². The van der Waals surface area contributed by atoms with Crippen molar-refractivity contribution in [3.8, 4) is 5.75 Å². The maximum Gasteiger partial charge on any atom is 0.251 e. The van der Waals surface area contributed by atoms with Gasteiger partial charge in [0.15, 0.2) is 0 Å². The molecule has 1 N–H and O–H groups in total. The lowest BCUT2D eigenvalue weighted by atomic mass is 9.95. The fourth-order valence-electron chi connectivity index (χ4n) is 4.12. The van der Waals surface area contributed by atoms with Crippen LogP contribution in [-0.4, -0.2) is 57.8 Å². The lowest BCUT2D eigenvalue weighted by Gasteiger charge is -2.37. The van der Waals surface area contributed by atoms with Gasteiger partial charge in [0.1, 0.15) is 12.1 Å². The maximum atomic E-state index is 12.9. The normalized spacial score (nSPS) is 15.9. The van der Waals surface area contributed by atoms with Gasteiger partial charge in [0.25, 0.3) is 5.91 Å². The molecule has 1 fully saturated rings. The molecule has 1 amide bonds. The molecule has 0 radical (unpaired) electrons. The van der Waals surface area contributed by atoms with Gasteiger partial charge in [0.2, 0.25) is 0 Å². The summed E-state index contributed by atoms with van der Waals surface area (Å²) in [6.07, 6.45) is 3.94. The van der Waals surface area contributed by atoms with Gasteiger partial charge < -0.3 is 10.1 Å². The molecule has 8 nitrogen and oxygen atoms in total. The van der Waals surface area contributed by atoms with E-state index < -0.39 is 0 Å². The van der Waals surface area contributed by atoms with Crippen molar-refractivity contribution >= 4 is 5.91 Å². The van der Waals surface area contributed by atoms with Crippen molar-refractivity contribution in [2.24, 2.45) is 5.92 Å².